The molecule has 0 amide bonds. The molecule has 3 aliphatic rings. The smallest absolute Gasteiger partial charge is 0.363 e. The Morgan fingerprint density at radius 2 is 1.72 bits per heavy atom. The summed E-state index contributed by atoms with van der Waals surface area (Å²) in [6.07, 6.45) is 2.58. The van der Waals surface area contributed by atoms with Gasteiger partial charge in [0, 0.05) is 56.2 Å². The second-order valence-electron chi connectivity index (χ2n) is 11.4. The number of aromatic nitrogens is 2. The third-order valence-electron chi connectivity index (χ3n) is 8.52. The van der Waals surface area contributed by atoms with Gasteiger partial charge in [-0.2, -0.15) is 18.1 Å². The van der Waals surface area contributed by atoms with Crippen LogP contribution in [0.1, 0.15) is 28.4 Å². The first-order valence-corrected chi connectivity index (χ1v) is 14.8. The van der Waals surface area contributed by atoms with Crippen molar-refractivity contribution in [1.29, 1.82) is 0 Å². The summed E-state index contributed by atoms with van der Waals surface area (Å²) in [5.74, 6) is -1.10. The Bertz CT molecular complexity index is 1820. The Kier molecular flexibility index (Phi) is 8.59. The minimum Gasteiger partial charge on any atom is -0.363 e. The first-order chi connectivity index (χ1) is 22.0. The second-order valence-corrected chi connectivity index (χ2v) is 11.4. The van der Waals surface area contributed by atoms with Crippen LogP contribution in [0, 0.1) is 12.7 Å². The molecule has 1 fully saturated rings. The summed E-state index contributed by atoms with van der Waals surface area (Å²) in [6.45, 7) is 3.14. The minimum atomic E-state index is -4.85. The number of nitrogens with one attached hydrogen (secondary N) is 1. The number of hydrogen-bond donors (Lipinski definition) is 2. The molecule has 0 spiro atoms. The number of nitrogens with two attached hydrogens (primary N) is 1. The van der Waals surface area contributed by atoms with E-state index >= 15 is 0 Å². The molecule has 6 rings (SSSR count). The lowest BCUT2D eigenvalue weighted by Crippen LogP contribution is -2.52. The Hall–Kier alpha value is -4.66. The van der Waals surface area contributed by atoms with E-state index in [1.54, 1.807) is 47.8 Å². The van der Waals surface area contributed by atoms with Gasteiger partial charge in [-0.3, -0.25) is 18.8 Å². The lowest BCUT2D eigenvalue weighted by molar-refractivity contribution is -0.138. The van der Waals surface area contributed by atoms with Gasteiger partial charge in [0.15, 0.2) is 0 Å². The predicted molar refractivity (Wildman–Crippen MR) is 164 cm³/mol. The van der Waals surface area contributed by atoms with E-state index in [0.717, 1.165) is 38.6 Å². The second kappa shape index (κ2) is 12.6. The number of hydrogen-bond acceptors (Lipinski definition) is 8. The molecule has 0 aliphatic carbocycles. The number of nitrogens with zero attached hydrogens (tertiary/aromatic N) is 5. The van der Waals surface area contributed by atoms with E-state index in [1.807, 2.05) is 17.1 Å². The van der Waals surface area contributed by atoms with Crippen molar-refractivity contribution in [1.82, 2.24) is 24.6 Å². The van der Waals surface area contributed by atoms with Crippen LogP contribution < -0.4 is 27.4 Å². The van der Waals surface area contributed by atoms with E-state index in [0.29, 0.717) is 38.3 Å². The normalized spacial score (nSPS) is 17.4. The maximum Gasteiger partial charge on any atom is 0.416 e. The third-order valence-corrected chi connectivity index (χ3v) is 8.52. The van der Waals surface area contributed by atoms with Gasteiger partial charge in [0.05, 0.1) is 30.5 Å². The van der Waals surface area contributed by atoms with Crippen molar-refractivity contribution in [2.24, 2.45) is 5.73 Å². The molecule has 2 aromatic carbocycles. The van der Waals surface area contributed by atoms with Gasteiger partial charge in [-0.15, -0.1) is 0 Å². The molecular formula is C32H33F4N7O3. The number of benzene rings is 2. The van der Waals surface area contributed by atoms with Gasteiger partial charge >= 0.3 is 11.9 Å². The van der Waals surface area contributed by atoms with E-state index < -0.39 is 47.0 Å². The molecule has 3 aromatic rings. The number of halogens is 4. The topological polar surface area (TPSA) is 101 Å². The fourth-order valence-corrected chi connectivity index (χ4v) is 6.07. The quantitative estimate of drug-likeness (QED) is 0.362. The molecule has 4 heterocycles. The highest BCUT2D eigenvalue weighted by Crippen LogP contribution is 2.34. The molecule has 1 aromatic heterocycles. The summed E-state index contributed by atoms with van der Waals surface area (Å²) in [7, 11) is 0. The first-order valence-electron chi connectivity index (χ1n) is 14.8. The van der Waals surface area contributed by atoms with Crippen LogP contribution in [-0.2, 0) is 24.2 Å². The van der Waals surface area contributed by atoms with Gasteiger partial charge in [-0.05, 0) is 36.3 Å². The zero-order chi connectivity index (χ0) is 32.6. The van der Waals surface area contributed by atoms with Gasteiger partial charge in [-0.1, -0.05) is 42.5 Å². The fourth-order valence-electron chi connectivity index (χ4n) is 6.07. The van der Waals surface area contributed by atoms with Crippen LogP contribution in [0.15, 0.2) is 93.9 Å². The Labute approximate surface area is 261 Å². The van der Waals surface area contributed by atoms with Gasteiger partial charge in [0.25, 0.3) is 5.56 Å². The van der Waals surface area contributed by atoms with Gasteiger partial charge < -0.3 is 10.6 Å². The van der Waals surface area contributed by atoms with Crippen LogP contribution >= 0.6 is 0 Å². The highest BCUT2D eigenvalue weighted by atomic mass is 19.4. The molecular weight excluding hydrogens is 606 g/mol. The van der Waals surface area contributed by atoms with Crippen LogP contribution in [0.2, 0.25) is 0 Å². The predicted octanol–water partition coefficient (Wildman–Crippen LogP) is 3.39. The van der Waals surface area contributed by atoms with E-state index in [9.17, 15) is 27.2 Å². The lowest BCUT2D eigenvalue weighted by Gasteiger charge is -2.37. The SMILES string of the molecule is Cc1c(N2CCN(CC3=CC=CN4ONC=C34)CC2)c(=O)n(C[C@H](N)c2ccccc2)c(=O)n1Cc1c(F)cccc1C(F)(F)F. The van der Waals surface area contributed by atoms with E-state index in [-0.39, 0.29) is 17.9 Å². The minimum absolute atomic E-state index is 0.152. The largest absolute Gasteiger partial charge is 0.416 e. The Morgan fingerprint density at radius 1 is 0.978 bits per heavy atom. The summed E-state index contributed by atoms with van der Waals surface area (Å²) >= 11 is 0. The van der Waals surface area contributed by atoms with Crippen LogP contribution in [0.25, 0.3) is 0 Å². The van der Waals surface area contributed by atoms with Gasteiger partial charge in [-0.25, -0.2) is 19.7 Å². The molecule has 0 bridgehead atoms. The van der Waals surface area contributed by atoms with E-state index in [2.05, 4.69) is 10.4 Å². The fraction of sp³-hybridized carbons (Fsp3) is 0.312. The number of rotatable bonds is 8. The number of fused-ring (bicyclic) bond motifs is 1. The average Bonchev–Trinajstić information content (AvgIpc) is 3.53. The maximum atomic E-state index is 15.0. The van der Waals surface area contributed by atoms with Crippen LogP contribution in [0.3, 0.4) is 0 Å². The standard InChI is InChI=1S/C32H33F4N7O3/c1-21-29(40-15-13-39(14-16-40)18-23-9-6-12-43-28(23)17-38-46-43)30(44)42(20-27(37)22-7-3-2-4-8-22)31(45)41(21)19-24-25(32(34,35)36)10-5-11-26(24)33/h2-12,17,27,38H,13-16,18-20,37H2,1H3/t27-/m0/s1. The van der Waals surface area contributed by atoms with E-state index in [4.69, 9.17) is 10.7 Å². The van der Waals surface area contributed by atoms with Crippen LogP contribution in [0.4, 0.5) is 23.2 Å². The van der Waals surface area contributed by atoms with Crippen molar-refractivity contribution in [3.05, 3.63) is 133 Å². The van der Waals surface area contributed by atoms with Crippen molar-refractivity contribution in [3.8, 4) is 0 Å². The molecule has 10 nitrogen and oxygen atoms in total. The zero-order valence-corrected chi connectivity index (χ0v) is 25.0. The highest BCUT2D eigenvalue weighted by molar-refractivity contribution is 5.50. The highest BCUT2D eigenvalue weighted by Gasteiger charge is 2.35. The zero-order valence-electron chi connectivity index (χ0n) is 25.0. The molecule has 242 valence electrons. The molecule has 3 N–H and O–H groups in total. The van der Waals surface area contributed by atoms with Crippen molar-refractivity contribution < 1.29 is 22.5 Å². The summed E-state index contributed by atoms with van der Waals surface area (Å²) in [4.78, 5) is 37.3. The molecule has 1 saturated heterocycles. The number of piperazine rings is 1. The van der Waals surface area contributed by atoms with Crippen LogP contribution in [-0.4, -0.2) is 51.8 Å². The third kappa shape index (κ3) is 6.10. The van der Waals surface area contributed by atoms with Gasteiger partial charge in [0.2, 0.25) is 0 Å². The maximum absolute atomic E-state index is 15.0. The average molecular weight is 640 g/mol. The lowest BCUT2D eigenvalue weighted by atomic mass is 10.1. The molecule has 1 atom stereocenters. The number of hydroxylamine groups is 3. The number of allylic oxidation sites excluding steroid dienone is 2. The summed E-state index contributed by atoms with van der Waals surface area (Å²) < 4.78 is 58.7. The van der Waals surface area contributed by atoms with Crippen molar-refractivity contribution in [2.75, 3.05) is 37.6 Å². The molecule has 0 saturated carbocycles. The molecule has 0 radical (unpaired) electrons. The first kappa shape index (κ1) is 31.3. The van der Waals surface area contributed by atoms with Crippen molar-refractivity contribution in [3.63, 3.8) is 0 Å². The van der Waals surface area contributed by atoms with Crippen molar-refractivity contribution in [2.45, 2.75) is 32.2 Å². The molecule has 14 heteroatoms. The summed E-state index contributed by atoms with van der Waals surface area (Å²) in [5, 5.41) is 1.63. The molecule has 3 aliphatic heterocycles. The molecule has 46 heavy (non-hydrogen) atoms. The number of anilines is 1. The van der Waals surface area contributed by atoms with Gasteiger partial charge in [0.1, 0.15) is 11.5 Å². The summed E-state index contributed by atoms with van der Waals surface area (Å²) in [6, 6.07) is 10.8. The summed E-state index contributed by atoms with van der Waals surface area (Å²) in [5.41, 5.74) is 8.73. The Morgan fingerprint density at radius 3 is 2.43 bits per heavy atom. The number of alkyl halides is 3. The van der Waals surface area contributed by atoms with E-state index in [1.165, 1.54) is 6.92 Å². The van der Waals surface area contributed by atoms with Crippen LogP contribution in [0.5, 0.6) is 0 Å². The molecule has 0 unspecified atom stereocenters. The Balaban J connectivity index is 1.35. The monoisotopic (exact) mass is 639 g/mol. The van der Waals surface area contributed by atoms with Crippen molar-refractivity contribution >= 4 is 5.69 Å².